The highest BCUT2D eigenvalue weighted by Gasteiger charge is 2.29. The summed E-state index contributed by atoms with van der Waals surface area (Å²) < 4.78 is 59.1. The Bertz CT molecular complexity index is 523. The third-order valence-electron chi connectivity index (χ3n) is 2.96. The van der Waals surface area contributed by atoms with Crippen molar-refractivity contribution in [1.82, 2.24) is 10.3 Å². The number of carbonyl (C=O) groups is 1. The fourth-order valence-electron chi connectivity index (χ4n) is 1.67. The summed E-state index contributed by atoms with van der Waals surface area (Å²) in [6.07, 6.45) is -2.70. The van der Waals surface area contributed by atoms with Gasteiger partial charge in [-0.2, -0.15) is 13.2 Å². The van der Waals surface area contributed by atoms with Crippen LogP contribution in [0.4, 0.5) is 17.6 Å². The van der Waals surface area contributed by atoms with Crippen molar-refractivity contribution in [2.45, 2.75) is 38.5 Å². The molecule has 23 heavy (non-hydrogen) atoms. The van der Waals surface area contributed by atoms with E-state index >= 15 is 0 Å². The highest BCUT2D eigenvalue weighted by molar-refractivity contribution is 5.69. The molecule has 0 spiro atoms. The van der Waals surface area contributed by atoms with Gasteiger partial charge in [0.1, 0.15) is 0 Å². The lowest BCUT2D eigenvalue weighted by atomic mass is 10.1. The molecule has 1 atom stereocenters. The minimum atomic E-state index is -4.56. The predicted octanol–water partition coefficient (Wildman–Crippen LogP) is 2.59. The van der Waals surface area contributed by atoms with Gasteiger partial charge >= 0.3 is 12.1 Å². The monoisotopic (exact) mass is 338 g/mol. The van der Waals surface area contributed by atoms with Crippen LogP contribution in [-0.2, 0) is 16.1 Å². The van der Waals surface area contributed by atoms with E-state index in [0.717, 1.165) is 0 Å². The minimum Gasteiger partial charge on any atom is -0.469 e. The molecule has 0 amide bonds. The zero-order valence-corrected chi connectivity index (χ0v) is 12.7. The third-order valence-corrected chi connectivity index (χ3v) is 2.96. The second-order valence-corrected chi connectivity index (χ2v) is 4.89. The molecular formula is C14H18F4N2O3. The highest BCUT2D eigenvalue weighted by Crippen LogP contribution is 2.21. The van der Waals surface area contributed by atoms with Gasteiger partial charge in [-0.15, -0.1) is 0 Å². The molecule has 0 saturated heterocycles. The van der Waals surface area contributed by atoms with E-state index in [4.69, 9.17) is 0 Å². The summed E-state index contributed by atoms with van der Waals surface area (Å²) >= 11 is 0. The average Bonchev–Trinajstić information content (AvgIpc) is 2.49. The van der Waals surface area contributed by atoms with Crippen molar-refractivity contribution in [3.05, 3.63) is 23.6 Å². The number of nitrogens with one attached hydrogen (secondary N) is 1. The van der Waals surface area contributed by atoms with Crippen LogP contribution in [0.2, 0.25) is 0 Å². The molecule has 0 aliphatic rings. The lowest BCUT2D eigenvalue weighted by Crippen LogP contribution is -2.27. The molecule has 9 heteroatoms. The largest absolute Gasteiger partial charge is 0.469 e. The van der Waals surface area contributed by atoms with Crippen molar-refractivity contribution < 1.29 is 31.8 Å². The number of aromatic nitrogens is 1. The van der Waals surface area contributed by atoms with Crippen LogP contribution in [0.15, 0.2) is 12.3 Å². The smallest absolute Gasteiger partial charge is 0.422 e. The van der Waals surface area contributed by atoms with Crippen molar-refractivity contribution in [1.29, 1.82) is 0 Å². The first-order valence-corrected chi connectivity index (χ1v) is 6.86. The average molecular weight is 338 g/mol. The van der Waals surface area contributed by atoms with Crippen molar-refractivity contribution in [2.24, 2.45) is 0 Å². The van der Waals surface area contributed by atoms with E-state index in [1.54, 1.807) is 6.92 Å². The maximum atomic E-state index is 14.0. The second kappa shape index (κ2) is 8.66. The molecule has 1 N–H and O–H groups in total. The Hall–Kier alpha value is -1.90. The number of rotatable bonds is 8. The zero-order chi connectivity index (χ0) is 17.5. The van der Waals surface area contributed by atoms with Crippen molar-refractivity contribution in [3.63, 3.8) is 0 Å². The number of methoxy groups -OCH3 is 1. The number of halogens is 4. The van der Waals surface area contributed by atoms with Crippen LogP contribution in [0.25, 0.3) is 0 Å². The first kappa shape index (κ1) is 19.1. The van der Waals surface area contributed by atoms with E-state index in [1.165, 1.54) is 19.4 Å². The minimum absolute atomic E-state index is 0.0685. The lowest BCUT2D eigenvalue weighted by Gasteiger charge is -2.14. The molecule has 0 aliphatic carbocycles. The fraction of sp³-hybridized carbons (Fsp3) is 0.571. The topological polar surface area (TPSA) is 60.5 Å². The Morgan fingerprint density at radius 2 is 2.13 bits per heavy atom. The van der Waals surface area contributed by atoms with Crippen LogP contribution in [0.1, 0.15) is 25.3 Å². The Morgan fingerprint density at radius 3 is 2.74 bits per heavy atom. The van der Waals surface area contributed by atoms with E-state index < -0.39 is 24.5 Å². The number of hydrogen-bond donors (Lipinski definition) is 1. The molecule has 130 valence electrons. The zero-order valence-electron chi connectivity index (χ0n) is 12.7. The number of hydrogen-bond acceptors (Lipinski definition) is 5. The molecule has 1 aromatic heterocycles. The van der Waals surface area contributed by atoms with Crippen LogP contribution in [0, 0.1) is 5.82 Å². The first-order chi connectivity index (χ1) is 10.7. The second-order valence-electron chi connectivity index (χ2n) is 4.89. The molecule has 5 nitrogen and oxygen atoms in total. The van der Waals surface area contributed by atoms with Crippen LogP contribution in [-0.4, -0.2) is 36.9 Å². The van der Waals surface area contributed by atoms with E-state index in [9.17, 15) is 22.4 Å². The fourth-order valence-corrected chi connectivity index (χ4v) is 1.67. The molecule has 1 rings (SSSR count). The van der Waals surface area contributed by atoms with E-state index in [0.29, 0.717) is 6.42 Å². The van der Waals surface area contributed by atoms with Crippen molar-refractivity contribution in [2.75, 3.05) is 13.7 Å². The van der Waals surface area contributed by atoms with Gasteiger partial charge in [0.25, 0.3) is 5.88 Å². The van der Waals surface area contributed by atoms with Crippen LogP contribution in [0.5, 0.6) is 5.88 Å². The Morgan fingerprint density at radius 1 is 1.43 bits per heavy atom. The van der Waals surface area contributed by atoms with Crippen LogP contribution >= 0.6 is 0 Å². The van der Waals surface area contributed by atoms with Gasteiger partial charge in [-0.1, -0.05) is 0 Å². The summed E-state index contributed by atoms with van der Waals surface area (Å²) in [6, 6.07) is 1.23. The molecule has 0 fully saturated rings. The Labute approximate surface area is 131 Å². The van der Waals surface area contributed by atoms with Gasteiger partial charge in [0.15, 0.2) is 12.4 Å². The van der Waals surface area contributed by atoms with E-state index in [-0.39, 0.29) is 30.5 Å². The van der Waals surface area contributed by atoms with Gasteiger partial charge in [-0.05, 0) is 19.4 Å². The number of esters is 1. The summed E-state index contributed by atoms with van der Waals surface area (Å²) in [5.74, 6) is -1.98. The van der Waals surface area contributed by atoms with Crippen molar-refractivity contribution in [3.8, 4) is 5.88 Å². The number of ether oxygens (including phenoxy) is 2. The maximum Gasteiger partial charge on any atom is 0.422 e. The van der Waals surface area contributed by atoms with Gasteiger partial charge in [0.05, 0.1) is 7.11 Å². The molecule has 0 aliphatic heterocycles. The number of carbonyl (C=O) groups excluding carboxylic acids is 1. The van der Waals surface area contributed by atoms with Gasteiger partial charge < -0.3 is 14.8 Å². The lowest BCUT2D eigenvalue weighted by molar-refractivity contribution is -0.154. The van der Waals surface area contributed by atoms with E-state index in [2.05, 4.69) is 19.8 Å². The normalized spacial score (nSPS) is 12.8. The molecule has 1 aromatic rings. The van der Waals surface area contributed by atoms with Gasteiger partial charge in [-0.25, -0.2) is 9.37 Å². The Balaban J connectivity index is 2.55. The maximum absolute atomic E-state index is 14.0. The summed E-state index contributed by atoms with van der Waals surface area (Å²) in [5, 5.41) is 2.97. The molecule has 0 bridgehead atoms. The number of alkyl halides is 3. The standard InChI is InChI=1S/C14H18F4N2O3/c1-9(3-4-11(21)22-2)20-7-10-5-6-19-13(12(10)15)23-8-14(16,17)18/h5-6,9,20H,3-4,7-8H2,1-2H3. The summed E-state index contributed by atoms with van der Waals surface area (Å²) in [7, 11) is 1.29. The van der Waals surface area contributed by atoms with Gasteiger partial charge in [0.2, 0.25) is 0 Å². The number of pyridine rings is 1. The first-order valence-electron chi connectivity index (χ1n) is 6.86. The molecule has 0 aromatic carbocycles. The van der Waals surface area contributed by atoms with Gasteiger partial charge in [-0.3, -0.25) is 4.79 Å². The Kier molecular flexibility index (Phi) is 7.21. The van der Waals surface area contributed by atoms with Gasteiger partial charge in [0, 0.05) is 30.8 Å². The number of nitrogens with zero attached hydrogens (tertiary/aromatic N) is 1. The summed E-state index contributed by atoms with van der Waals surface area (Å²) in [5.41, 5.74) is 0.127. The highest BCUT2D eigenvalue weighted by atomic mass is 19.4. The van der Waals surface area contributed by atoms with Crippen LogP contribution < -0.4 is 10.1 Å². The SMILES string of the molecule is COC(=O)CCC(C)NCc1ccnc(OCC(F)(F)F)c1F. The summed E-state index contributed by atoms with van der Waals surface area (Å²) in [4.78, 5) is 14.5. The van der Waals surface area contributed by atoms with E-state index in [1.807, 2.05) is 0 Å². The predicted molar refractivity (Wildman–Crippen MR) is 73.3 cm³/mol. The molecular weight excluding hydrogens is 320 g/mol. The summed E-state index contributed by atoms with van der Waals surface area (Å²) in [6.45, 7) is 0.255. The van der Waals surface area contributed by atoms with Crippen LogP contribution in [0.3, 0.4) is 0 Å². The van der Waals surface area contributed by atoms with Crippen molar-refractivity contribution >= 4 is 5.97 Å². The molecule has 0 saturated carbocycles. The molecule has 1 unspecified atom stereocenters. The third kappa shape index (κ3) is 7.27. The quantitative estimate of drug-likeness (QED) is 0.583. The molecule has 1 heterocycles. The molecule has 0 radical (unpaired) electrons.